The van der Waals surface area contributed by atoms with E-state index >= 15 is 0 Å². The van der Waals surface area contributed by atoms with Gasteiger partial charge in [-0.2, -0.15) is 0 Å². The van der Waals surface area contributed by atoms with Gasteiger partial charge in [-0.15, -0.1) is 11.3 Å². The molecule has 0 N–H and O–H groups in total. The van der Waals surface area contributed by atoms with E-state index in [0.29, 0.717) is 17.5 Å². The molecule has 6 heteroatoms. The molecule has 8 aromatic carbocycles. The van der Waals surface area contributed by atoms with Crippen molar-refractivity contribution in [2.24, 2.45) is 0 Å². The summed E-state index contributed by atoms with van der Waals surface area (Å²) in [5, 5.41) is 7.17. The predicted octanol–water partition coefficient (Wildman–Crippen LogP) is 13.8. The van der Waals surface area contributed by atoms with Crippen LogP contribution < -0.4 is 0 Å². The number of benzene rings is 8. The Bertz CT molecular complexity index is 3440. The lowest BCUT2D eigenvalue weighted by Gasteiger charge is -2.10. The van der Waals surface area contributed by atoms with E-state index in [9.17, 15) is 0 Å². The lowest BCUT2D eigenvalue weighted by Crippen LogP contribution is -2.00. The van der Waals surface area contributed by atoms with E-state index < -0.39 is 0 Å². The molecular weight excluding hydrogens is 729 g/mol. The van der Waals surface area contributed by atoms with Crippen molar-refractivity contribution in [3.63, 3.8) is 0 Å². The normalized spacial score (nSPS) is 11.9. The third kappa shape index (κ3) is 5.19. The first-order valence-corrected chi connectivity index (χ1v) is 20.3. The maximum Gasteiger partial charge on any atom is 0.164 e. The number of furan rings is 1. The van der Waals surface area contributed by atoms with Crippen molar-refractivity contribution < 1.29 is 4.42 Å². The molecule has 4 aromatic heterocycles. The van der Waals surface area contributed by atoms with Crippen LogP contribution in [-0.2, 0) is 6.42 Å². The number of fused-ring (bicyclic) bond motifs is 9. The molecule has 0 radical (unpaired) electrons. The summed E-state index contributed by atoms with van der Waals surface area (Å²) in [6.07, 6.45) is 0.720. The van der Waals surface area contributed by atoms with Crippen LogP contribution in [0.1, 0.15) is 11.1 Å². The average Bonchev–Trinajstić information content (AvgIpc) is 3.97. The number of aromatic nitrogens is 4. The van der Waals surface area contributed by atoms with Crippen molar-refractivity contribution in [3.05, 3.63) is 193 Å². The van der Waals surface area contributed by atoms with E-state index in [1.807, 2.05) is 72.0 Å². The molecule has 0 bridgehead atoms. The topological polar surface area (TPSA) is 56.7 Å². The van der Waals surface area contributed by atoms with Crippen LogP contribution in [0, 0.1) is 0 Å². The molecule has 58 heavy (non-hydrogen) atoms. The quantitative estimate of drug-likeness (QED) is 0.169. The van der Waals surface area contributed by atoms with E-state index in [4.69, 9.17) is 19.4 Å². The first-order valence-electron chi connectivity index (χ1n) is 19.5. The van der Waals surface area contributed by atoms with Gasteiger partial charge in [0.15, 0.2) is 17.5 Å². The fraction of sp³-hybridized carbons (Fsp3) is 0.0192. The Kier molecular flexibility index (Phi) is 7.40. The Morgan fingerprint density at radius 2 is 1.02 bits per heavy atom. The van der Waals surface area contributed by atoms with Crippen molar-refractivity contribution in [3.8, 4) is 39.9 Å². The molecule has 4 heterocycles. The summed E-state index contributed by atoms with van der Waals surface area (Å²) >= 11 is 1.82. The van der Waals surface area contributed by atoms with Gasteiger partial charge in [0.2, 0.25) is 0 Å². The van der Waals surface area contributed by atoms with Crippen molar-refractivity contribution in [2.45, 2.75) is 6.42 Å². The van der Waals surface area contributed by atoms with Gasteiger partial charge in [0.1, 0.15) is 11.2 Å². The lowest BCUT2D eigenvalue weighted by atomic mass is 9.97. The minimum atomic E-state index is 0.650. The van der Waals surface area contributed by atoms with Crippen LogP contribution >= 0.6 is 11.3 Å². The number of hydrogen-bond donors (Lipinski definition) is 0. The highest BCUT2D eigenvalue weighted by atomic mass is 32.1. The molecule has 0 aliphatic rings. The van der Waals surface area contributed by atoms with E-state index in [0.717, 1.165) is 56.3 Å². The Hall–Kier alpha value is -7.41. The van der Waals surface area contributed by atoms with Crippen LogP contribution in [0.3, 0.4) is 0 Å². The molecule has 0 fully saturated rings. The Balaban J connectivity index is 1.00. The fourth-order valence-electron chi connectivity index (χ4n) is 8.72. The Morgan fingerprint density at radius 1 is 0.431 bits per heavy atom. The second kappa shape index (κ2) is 13.1. The maximum absolute atomic E-state index is 6.84. The standard InChI is InChI=1S/C52H32N4OS/c1-3-14-32(15-4-1)50-53-51(33-16-5-2-6-17-33)55-52(54-50)36-28-29-45-40(31-36)47-34(18-12-27-46(47)58-45)30-35-19-11-22-39-48-43(25-13-26-44(48)57-49(35)39)56-41-23-9-7-20-37(41)38-21-8-10-24-42(38)56/h1-29,31H,30H2. The second-order valence-electron chi connectivity index (χ2n) is 14.7. The highest BCUT2D eigenvalue weighted by Crippen LogP contribution is 2.42. The van der Waals surface area contributed by atoms with Crippen molar-refractivity contribution in [1.82, 2.24) is 19.5 Å². The van der Waals surface area contributed by atoms with E-state index in [2.05, 4.69) is 126 Å². The molecule has 272 valence electrons. The smallest absolute Gasteiger partial charge is 0.164 e. The van der Waals surface area contributed by atoms with Gasteiger partial charge in [-0.05, 0) is 59.7 Å². The van der Waals surface area contributed by atoms with Crippen LogP contribution in [0.2, 0.25) is 0 Å². The maximum atomic E-state index is 6.84. The number of hydrogen-bond acceptors (Lipinski definition) is 5. The summed E-state index contributed by atoms with van der Waals surface area (Å²) in [4.78, 5) is 15.0. The number of para-hydroxylation sites is 3. The summed E-state index contributed by atoms with van der Waals surface area (Å²) in [5.74, 6) is 1.96. The summed E-state index contributed by atoms with van der Waals surface area (Å²) in [7, 11) is 0. The largest absolute Gasteiger partial charge is 0.456 e. The minimum absolute atomic E-state index is 0.650. The highest BCUT2D eigenvalue weighted by Gasteiger charge is 2.20. The molecule has 0 saturated heterocycles. The molecular formula is C52H32N4OS. The van der Waals surface area contributed by atoms with E-state index in [1.165, 1.54) is 47.5 Å². The monoisotopic (exact) mass is 760 g/mol. The van der Waals surface area contributed by atoms with Gasteiger partial charge in [-0.3, -0.25) is 0 Å². The second-order valence-corrected chi connectivity index (χ2v) is 15.8. The zero-order valence-corrected chi connectivity index (χ0v) is 31.9. The number of nitrogens with zero attached hydrogens (tertiary/aromatic N) is 4. The summed E-state index contributed by atoms with van der Waals surface area (Å²) in [5.41, 5.74) is 10.6. The van der Waals surface area contributed by atoms with Gasteiger partial charge >= 0.3 is 0 Å². The van der Waals surface area contributed by atoms with Gasteiger partial charge < -0.3 is 8.98 Å². The molecule has 12 rings (SSSR count). The van der Waals surface area contributed by atoms with Gasteiger partial charge in [0.25, 0.3) is 0 Å². The van der Waals surface area contributed by atoms with E-state index in [-0.39, 0.29) is 0 Å². The third-order valence-electron chi connectivity index (χ3n) is 11.3. The molecule has 5 nitrogen and oxygen atoms in total. The Morgan fingerprint density at radius 3 is 1.72 bits per heavy atom. The first-order chi connectivity index (χ1) is 28.7. The van der Waals surface area contributed by atoms with Crippen LogP contribution in [0.4, 0.5) is 0 Å². The van der Waals surface area contributed by atoms with Crippen LogP contribution in [0.5, 0.6) is 0 Å². The van der Waals surface area contributed by atoms with Gasteiger partial charge in [-0.25, -0.2) is 15.0 Å². The average molecular weight is 761 g/mol. The molecule has 0 saturated carbocycles. The fourth-order valence-corrected chi connectivity index (χ4v) is 9.86. The zero-order valence-electron chi connectivity index (χ0n) is 31.1. The van der Waals surface area contributed by atoms with Gasteiger partial charge in [0, 0.05) is 59.4 Å². The highest BCUT2D eigenvalue weighted by molar-refractivity contribution is 7.25. The SMILES string of the molecule is c1ccc(-c2nc(-c3ccccc3)nc(-c3ccc4sc5cccc(Cc6cccc7c6oc6cccc(-n8c9ccccc9c9ccccc98)c67)c5c4c3)n2)cc1. The van der Waals surface area contributed by atoms with Gasteiger partial charge in [0.05, 0.1) is 22.1 Å². The summed E-state index contributed by atoms with van der Waals surface area (Å²) in [6.45, 7) is 0. The van der Waals surface area contributed by atoms with Crippen molar-refractivity contribution in [2.75, 3.05) is 0 Å². The van der Waals surface area contributed by atoms with Crippen LogP contribution in [-0.4, -0.2) is 19.5 Å². The zero-order chi connectivity index (χ0) is 38.2. The molecule has 0 atom stereocenters. The lowest BCUT2D eigenvalue weighted by molar-refractivity contribution is 0.664. The summed E-state index contributed by atoms with van der Waals surface area (Å²) in [6, 6.07) is 63.9. The van der Waals surface area contributed by atoms with Crippen molar-refractivity contribution >= 4 is 75.3 Å². The third-order valence-corrected chi connectivity index (χ3v) is 12.5. The molecule has 0 aliphatic heterocycles. The molecule has 0 aliphatic carbocycles. The van der Waals surface area contributed by atoms with Crippen LogP contribution in [0.15, 0.2) is 186 Å². The number of thiophene rings is 1. The van der Waals surface area contributed by atoms with Gasteiger partial charge in [-0.1, -0.05) is 133 Å². The molecule has 0 unspecified atom stereocenters. The predicted molar refractivity (Wildman–Crippen MR) is 240 cm³/mol. The molecule has 12 aromatic rings. The molecule has 0 spiro atoms. The van der Waals surface area contributed by atoms with Crippen molar-refractivity contribution in [1.29, 1.82) is 0 Å². The molecule has 0 amide bonds. The van der Waals surface area contributed by atoms with Crippen LogP contribution in [0.25, 0.3) is 104 Å². The summed E-state index contributed by atoms with van der Waals surface area (Å²) < 4.78 is 11.7. The minimum Gasteiger partial charge on any atom is -0.456 e. The first kappa shape index (κ1) is 32.8. The number of rotatable bonds is 6. The Labute approximate surface area is 337 Å². The van der Waals surface area contributed by atoms with E-state index in [1.54, 1.807) is 0 Å².